The molecule has 4 aromatic rings. The summed E-state index contributed by atoms with van der Waals surface area (Å²) in [6.45, 7) is 0. The van der Waals surface area contributed by atoms with Gasteiger partial charge in [-0.2, -0.15) is 13.2 Å². The fourth-order valence-electron chi connectivity index (χ4n) is 2.65. The van der Waals surface area contributed by atoms with Crippen LogP contribution in [0.25, 0.3) is 31.9 Å². The summed E-state index contributed by atoms with van der Waals surface area (Å²) in [6.07, 6.45) is -4.31. The molecule has 0 amide bonds. The van der Waals surface area contributed by atoms with Gasteiger partial charge in [-0.3, -0.25) is 0 Å². The van der Waals surface area contributed by atoms with E-state index in [1.807, 2.05) is 48.5 Å². The molecule has 0 aliphatic rings. The van der Waals surface area contributed by atoms with Gasteiger partial charge in [-0.15, -0.1) is 11.3 Å². The molecule has 0 saturated heterocycles. The normalized spacial score (nSPS) is 11.8. The van der Waals surface area contributed by atoms with E-state index in [0.717, 1.165) is 44.0 Å². The maximum absolute atomic E-state index is 12.6. The molecule has 0 saturated carbocycles. The number of thiazole rings is 1. The van der Waals surface area contributed by atoms with E-state index in [1.54, 1.807) is 11.3 Å². The SMILES string of the molecule is FC(F)(F)c1ccc(-c2ccc(-c3nc4ccccc4s3)cc2)cc1. The second kappa shape index (κ2) is 6.01. The Labute approximate surface area is 146 Å². The first kappa shape index (κ1) is 15.8. The molecule has 0 atom stereocenters. The molecular formula is C20H12F3NS. The second-order valence-corrected chi connectivity index (χ2v) is 6.67. The summed E-state index contributed by atoms with van der Waals surface area (Å²) in [5.41, 5.74) is 2.95. The van der Waals surface area contributed by atoms with E-state index in [1.165, 1.54) is 12.1 Å². The number of fused-ring (bicyclic) bond motifs is 1. The molecule has 4 rings (SSSR count). The molecule has 0 spiro atoms. The third-order valence-corrected chi connectivity index (χ3v) is 5.06. The Morgan fingerprint density at radius 3 is 1.84 bits per heavy atom. The molecule has 1 aromatic heterocycles. The third-order valence-electron chi connectivity index (χ3n) is 3.97. The number of nitrogens with zero attached hydrogens (tertiary/aromatic N) is 1. The molecule has 0 aliphatic heterocycles. The van der Waals surface area contributed by atoms with Crippen LogP contribution in [0.5, 0.6) is 0 Å². The van der Waals surface area contributed by atoms with Gasteiger partial charge in [0, 0.05) is 5.56 Å². The van der Waals surface area contributed by atoms with E-state index < -0.39 is 11.7 Å². The van der Waals surface area contributed by atoms with Crippen molar-refractivity contribution in [3.63, 3.8) is 0 Å². The molecule has 0 bridgehead atoms. The fourth-order valence-corrected chi connectivity index (χ4v) is 3.62. The van der Waals surface area contributed by atoms with E-state index in [2.05, 4.69) is 4.98 Å². The average Bonchev–Trinajstić information content (AvgIpc) is 3.05. The molecule has 1 heterocycles. The molecular weight excluding hydrogens is 343 g/mol. The smallest absolute Gasteiger partial charge is 0.236 e. The number of alkyl halides is 3. The molecule has 3 aromatic carbocycles. The van der Waals surface area contributed by atoms with E-state index in [4.69, 9.17) is 0 Å². The monoisotopic (exact) mass is 355 g/mol. The van der Waals surface area contributed by atoms with Crippen LogP contribution >= 0.6 is 11.3 Å². The molecule has 0 fully saturated rings. The van der Waals surface area contributed by atoms with Crippen molar-refractivity contribution >= 4 is 21.6 Å². The first-order chi connectivity index (χ1) is 12.0. The van der Waals surface area contributed by atoms with Crippen molar-refractivity contribution in [2.24, 2.45) is 0 Å². The highest BCUT2D eigenvalue weighted by Crippen LogP contribution is 2.33. The fraction of sp³-hybridized carbons (Fsp3) is 0.0500. The maximum Gasteiger partial charge on any atom is 0.416 e. The minimum atomic E-state index is -4.31. The van der Waals surface area contributed by atoms with Gasteiger partial charge in [0.2, 0.25) is 0 Å². The zero-order chi connectivity index (χ0) is 17.4. The third kappa shape index (κ3) is 3.15. The van der Waals surface area contributed by atoms with Gasteiger partial charge in [0.25, 0.3) is 0 Å². The Morgan fingerprint density at radius 1 is 0.680 bits per heavy atom. The number of benzene rings is 3. The van der Waals surface area contributed by atoms with Crippen molar-refractivity contribution in [1.29, 1.82) is 0 Å². The van der Waals surface area contributed by atoms with Crippen molar-refractivity contribution in [1.82, 2.24) is 4.98 Å². The molecule has 0 aliphatic carbocycles. The van der Waals surface area contributed by atoms with Crippen molar-refractivity contribution < 1.29 is 13.2 Å². The van der Waals surface area contributed by atoms with E-state index >= 15 is 0 Å². The van der Waals surface area contributed by atoms with Crippen LogP contribution in [0.4, 0.5) is 13.2 Å². The summed E-state index contributed by atoms with van der Waals surface area (Å²) in [4.78, 5) is 4.62. The van der Waals surface area contributed by atoms with Crippen LogP contribution in [0, 0.1) is 0 Å². The van der Waals surface area contributed by atoms with Gasteiger partial charge in [-0.05, 0) is 35.4 Å². The van der Waals surface area contributed by atoms with Gasteiger partial charge in [-0.25, -0.2) is 4.98 Å². The van der Waals surface area contributed by atoms with E-state index in [0.29, 0.717) is 0 Å². The van der Waals surface area contributed by atoms with Gasteiger partial charge in [0.05, 0.1) is 15.8 Å². The number of aromatic nitrogens is 1. The number of rotatable bonds is 2. The predicted molar refractivity (Wildman–Crippen MR) is 95.5 cm³/mol. The molecule has 0 N–H and O–H groups in total. The van der Waals surface area contributed by atoms with Crippen molar-refractivity contribution in [2.45, 2.75) is 6.18 Å². The van der Waals surface area contributed by atoms with Crippen molar-refractivity contribution in [3.8, 4) is 21.7 Å². The Morgan fingerprint density at radius 2 is 1.24 bits per heavy atom. The summed E-state index contributed by atoms with van der Waals surface area (Å²) >= 11 is 1.62. The quantitative estimate of drug-likeness (QED) is 0.392. The van der Waals surface area contributed by atoms with Gasteiger partial charge in [-0.1, -0.05) is 48.5 Å². The van der Waals surface area contributed by atoms with E-state index in [-0.39, 0.29) is 0 Å². The predicted octanol–water partition coefficient (Wildman–Crippen LogP) is 6.65. The van der Waals surface area contributed by atoms with Gasteiger partial charge < -0.3 is 0 Å². The highest BCUT2D eigenvalue weighted by Gasteiger charge is 2.29. The van der Waals surface area contributed by atoms with Crippen LogP contribution in [0.1, 0.15) is 5.56 Å². The molecule has 25 heavy (non-hydrogen) atoms. The summed E-state index contributed by atoms with van der Waals surface area (Å²) in [5, 5.41) is 0.931. The molecule has 0 radical (unpaired) electrons. The topological polar surface area (TPSA) is 12.9 Å². The highest BCUT2D eigenvalue weighted by atomic mass is 32.1. The van der Waals surface area contributed by atoms with Crippen LogP contribution in [-0.2, 0) is 6.18 Å². The standard InChI is InChI=1S/C20H12F3NS/c21-20(22,23)16-11-9-14(10-12-16)13-5-7-15(8-6-13)19-24-17-3-1-2-4-18(17)25-19/h1-12H. The number of hydrogen-bond donors (Lipinski definition) is 0. The largest absolute Gasteiger partial charge is 0.416 e. The number of hydrogen-bond acceptors (Lipinski definition) is 2. The Kier molecular flexibility index (Phi) is 3.81. The lowest BCUT2D eigenvalue weighted by Gasteiger charge is -2.08. The minimum absolute atomic E-state index is 0.637. The van der Waals surface area contributed by atoms with Crippen molar-refractivity contribution in [3.05, 3.63) is 78.4 Å². The summed E-state index contributed by atoms with van der Waals surface area (Å²) < 4.78 is 39.1. The lowest BCUT2D eigenvalue weighted by Crippen LogP contribution is -2.03. The van der Waals surface area contributed by atoms with Crippen LogP contribution in [0.2, 0.25) is 0 Å². The lowest BCUT2D eigenvalue weighted by atomic mass is 10.0. The lowest BCUT2D eigenvalue weighted by molar-refractivity contribution is -0.137. The second-order valence-electron chi connectivity index (χ2n) is 5.64. The van der Waals surface area contributed by atoms with Crippen LogP contribution < -0.4 is 0 Å². The highest BCUT2D eigenvalue weighted by molar-refractivity contribution is 7.21. The van der Waals surface area contributed by atoms with Gasteiger partial charge in [0.1, 0.15) is 5.01 Å². The first-order valence-corrected chi connectivity index (χ1v) is 8.46. The van der Waals surface area contributed by atoms with Crippen LogP contribution in [-0.4, -0.2) is 4.98 Å². The van der Waals surface area contributed by atoms with E-state index in [9.17, 15) is 13.2 Å². The number of halogens is 3. The zero-order valence-electron chi connectivity index (χ0n) is 12.9. The Balaban J connectivity index is 1.63. The zero-order valence-corrected chi connectivity index (χ0v) is 13.7. The van der Waals surface area contributed by atoms with Crippen molar-refractivity contribution in [2.75, 3.05) is 0 Å². The summed E-state index contributed by atoms with van der Waals surface area (Å²) in [5.74, 6) is 0. The molecule has 124 valence electrons. The number of para-hydroxylation sites is 1. The summed E-state index contributed by atoms with van der Waals surface area (Å²) in [7, 11) is 0. The Bertz CT molecular complexity index is 982. The van der Waals surface area contributed by atoms with Crippen LogP contribution in [0.15, 0.2) is 72.8 Å². The first-order valence-electron chi connectivity index (χ1n) is 7.64. The Hall–Kier alpha value is -2.66. The minimum Gasteiger partial charge on any atom is -0.236 e. The molecule has 0 unspecified atom stereocenters. The molecule has 5 heteroatoms. The molecule has 1 nitrogen and oxygen atoms in total. The van der Waals surface area contributed by atoms with Crippen LogP contribution in [0.3, 0.4) is 0 Å². The maximum atomic E-state index is 12.6. The average molecular weight is 355 g/mol. The van der Waals surface area contributed by atoms with Gasteiger partial charge >= 0.3 is 6.18 Å². The van der Waals surface area contributed by atoms with Gasteiger partial charge in [0.15, 0.2) is 0 Å². The summed E-state index contributed by atoms with van der Waals surface area (Å²) in [6, 6.07) is 20.9.